The van der Waals surface area contributed by atoms with E-state index in [-0.39, 0.29) is 39.4 Å². The molecule has 2 aromatic carbocycles. The van der Waals surface area contributed by atoms with Crippen LogP contribution in [0.2, 0.25) is 5.02 Å². The molecule has 11 heteroatoms. The summed E-state index contributed by atoms with van der Waals surface area (Å²) in [5, 5.41) is 38.7. The van der Waals surface area contributed by atoms with E-state index in [4.69, 9.17) is 21.3 Å². The summed E-state index contributed by atoms with van der Waals surface area (Å²) in [6.07, 6.45) is 3.78. The van der Waals surface area contributed by atoms with Crippen molar-refractivity contribution in [2.45, 2.75) is 39.0 Å². The van der Waals surface area contributed by atoms with Gasteiger partial charge < -0.3 is 25.4 Å². The van der Waals surface area contributed by atoms with Crippen molar-refractivity contribution in [3.05, 3.63) is 47.1 Å². The van der Waals surface area contributed by atoms with Crippen LogP contribution in [0.1, 0.15) is 49.5 Å². The molecule has 0 aliphatic rings. The number of unbranched alkanes of at least 4 members (excludes halogenated alkanes) is 3. The van der Waals surface area contributed by atoms with Gasteiger partial charge in [-0.3, -0.25) is 14.8 Å². The van der Waals surface area contributed by atoms with Crippen molar-refractivity contribution in [1.82, 2.24) is 16.0 Å². The second kappa shape index (κ2) is 12.8. The number of hydrogen-bond acceptors (Lipinski definition) is 8. The van der Waals surface area contributed by atoms with Crippen LogP contribution >= 0.6 is 11.6 Å². The highest BCUT2D eigenvalue weighted by Crippen LogP contribution is 2.43. The van der Waals surface area contributed by atoms with Gasteiger partial charge >= 0.3 is 0 Å². The largest absolute Gasteiger partial charge is 0.507 e. The van der Waals surface area contributed by atoms with E-state index in [1.165, 1.54) is 6.07 Å². The maximum atomic E-state index is 12.7. The number of hydroxylamine groups is 1. The Morgan fingerprint density at radius 1 is 1.03 bits per heavy atom. The summed E-state index contributed by atoms with van der Waals surface area (Å²) in [6.45, 7) is 2.93. The number of aromatic nitrogens is 1. The molecule has 1 heterocycles. The highest BCUT2D eigenvalue weighted by atomic mass is 35.5. The first-order valence-corrected chi connectivity index (χ1v) is 12.0. The fourth-order valence-corrected chi connectivity index (χ4v) is 3.84. The number of amides is 2. The van der Waals surface area contributed by atoms with Crippen LogP contribution in [-0.2, 0) is 4.79 Å². The van der Waals surface area contributed by atoms with Gasteiger partial charge in [0.15, 0.2) is 11.5 Å². The van der Waals surface area contributed by atoms with E-state index < -0.39 is 5.91 Å². The van der Waals surface area contributed by atoms with Crippen molar-refractivity contribution in [2.75, 3.05) is 18.4 Å². The molecule has 0 fully saturated rings. The molecule has 192 valence electrons. The van der Waals surface area contributed by atoms with E-state index in [1.54, 1.807) is 12.4 Å². The standard InChI is InChI=1S/C25H29ClN4O6/c1-2-27-25(34)23-22(24(36-30-23)17-13-18(26)20(32)14-19(17)31)15-8-10-16(11-9-15)28-12-6-4-3-5-7-21(33)29-35/h8-11,13-14,28,31-32,35H,2-7,12H2,1H3,(H,27,34)(H,29,33). The SMILES string of the molecule is CCNC(=O)c1noc(-c2cc(Cl)c(O)cc2O)c1-c1ccc(NCCCCCCC(=O)NO)cc1. The predicted molar refractivity (Wildman–Crippen MR) is 135 cm³/mol. The molecule has 3 aromatic rings. The van der Waals surface area contributed by atoms with Crippen molar-refractivity contribution in [3.8, 4) is 33.9 Å². The number of nitrogens with zero attached hydrogens (tertiary/aromatic N) is 1. The van der Waals surface area contributed by atoms with Crippen molar-refractivity contribution < 1.29 is 29.5 Å². The summed E-state index contributed by atoms with van der Waals surface area (Å²) in [7, 11) is 0. The van der Waals surface area contributed by atoms with Crippen LogP contribution in [0.4, 0.5) is 5.69 Å². The summed E-state index contributed by atoms with van der Waals surface area (Å²) in [5.74, 6) is -1.21. The summed E-state index contributed by atoms with van der Waals surface area (Å²) < 4.78 is 5.48. The van der Waals surface area contributed by atoms with E-state index in [2.05, 4.69) is 15.8 Å². The fourth-order valence-electron chi connectivity index (χ4n) is 3.68. The van der Waals surface area contributed by atoms with Crippen LogP contribution < -0.4 is 16.1 Å². The Labute approximate surface area is 213 Å². The minimum atomic E-state index is -0.425. The molecule has 0 atom stereocenters. The van der Waals surface area contributed by atoms with Gasteiger partial charge in [-0.15, -0.1) is 0 Å². The lowest BCUT2D eigenvalue weighted by molar-refractivity contribution is -0.129. The molecule has 0 spiro atoms. The second-order valence-corrected chi connectivity index (χ2v) is 8.53. The van der Waals surface area contributed by atoms with Gasteiger partial charge in [-0.1, -0.05) is 41.7 Å². The van der Waals surface area contributed by atoms with Gasteiger partial charge in [-0.25, -0.2) is 5.48 Å². The zero-order valence-electron chi connectivity index (χ0n) is 19.8. The number of phenolic OH excluding ortho intramolecular Hbond substituents is 2. The van der Waals surface area contributed by atoms with Crippen LogP contribution in [0.5, 0.6) is 11.5 Å². The average Bonchev–Trinajstić information content (AvgIpc) is 3.31. The predicted octanol–water partition coefficient (Wildman–Crippen LogP) is 4.69. The molecule has 1 aromatic heterocycles. The minimum Gasteiger partial charge on any atom is -0.507 e. The minimum absolute atomic E-state index is 0.0147. The molecule has 2 amide bonds. The maximum absolute atomic E-state index is 12.7. The van der Waals surface area contributed by atoms with Crippen molar-refractivity contribution in [1.29, 1.82) is 0 Å². The average molecular weight is 517 g/mol. The first-order valence-electron chi connectivity index (χ1n) is 11.6. The summed E-state index contributed by atoms with van der Waals surface area (Å²) in [6, 6.07) is 9.81. The van der Waals surface area contributed by atoms with E-state index >= 15 is 0 Å². The number of phenols is 2. The summed E-state index contributed by atoms with van der Waals surface area (Å²) >= 11 is 6.04. The third kappa shape index (κ3) is 6.67. The van der Waals surface area contributed by atoms with Crippen LogP contribution in [0.15, 0.2) is 40.9 Å². The molecule has 0 radical (unpaired) electrons. The first kappa shape index (κ1) is 26.8. The Balaban J connectivity index is 1.75. The third-order valence-corrected chi connectivity index (χ3v) is 5.82. The number of nitrogens with one attached hydrogen (secondary N) is 3. The van der Waals surface area contributed by atoms with Crippen LogP contribution in [0.25, 0.3) is 22.5 Å². The lowest BCUT2D eigenvalue weighted by Crippen LogP contribution is -2.23. The Bertz CT molecular complexity index is 1200. The topological polar surface area (TPSA) is 157 Å². The number of carbonyl (C=O) groups excluding carboxylic acids is 2. The van der Waals surface area contributed by atoms with Crippen LogP contribution in [0, 0.1) is 0 Å². The molecule has 0 aliphatic heterocycles. The van der Waals surface area contributed by atoms with Gasteiger partial charge in [0.2, 0.25) is 5.91 Å². The normalized spacial score (nSPS) is 10.8. The smallest absolute Gasteiger partial charge is 0.274 e. The fraction of sp³-hybridized carbons (Fsp3) is 0.320. The monoisotopic (exact) mass is 516 g/mol. The van der Waals surface area contributed by atoms with E-state index in [9.17, 15) is 19.8 Å². The van der Waals surface area contributed by atoms with Crippen molar-refractivity contribution >= 4 is 29.1 Å². The number of aromatic hydroxyl groups is 2. The Hall–Kier alpha value is -3.76. The third-order valence-electron chi connectivity index (χ3n) is 5.51. The molecule has 0 saturated carbocycles. The molecule has 0 saturated heterocycles. The summed E-state index contributed by atoms with van der Waals surface area (Å²) in [5.41, 5.74) is 3.79. The molecule has 36 heavy (non-hydrogen) atoms. The lowest BCUT2D eigenvalue weighted by atomic mass is 9.98. The number of hydrogen-bond donors (Lipinski definition) is 6. The van der Waals surface area contributed by atoms with Crippen molar-refractivity contribution in [2.24, 2.45) is 0 Å². The van der Waals surface area contributed by atoms with Gasteiger partial charge in [0.25, 0.3) is 5.91 Å². The number of carbonyl (C=O) groups is 2. The molecule has 3 rings (SSSR count). The van der Waals surface area contributed by atoms with Gasteiger partial charge in [-0.05, 0) is 43.5 Å². The maximum Gasteiger partial charge on any atom is 0.274 e. The van der Waals surface area contributed by atoms with E-state index in [0.717, 1.165) is 44.0 Å². The lowest BCUT2D eigenvalue weighted by Gasteiger charge is -2.10. The zero-order valence-corrected chi connectivity index (χ0v) is 20.6. The molecule has 6 N–H and O–H groups in total. The Morgan fingerprint density at radius 2 is 1.75 bits per heavy atom. The van der Waals surface area contributed by atoms with Crippen molar-refractivity contribution in [3.63, 3.8) is 0 Å². The highest BCUT2D eigenvalue weighted by molar-refractivity contribution is 6.32. The molecular weight excluding hydrogens is 488 g/mol. The zero-order chi connectivity index (χ0) is 26.1. The highest BCUT2D eigenvalue weighted by Gasteiger charge is 2.26. The number of benzene rings is 2. The number of halogens is 1. The summed E-state index contributed by atoms with van der Waals surface area (Å²) in [4.78, 5) is 23.7. The van der Waals surface area contributed by atoms with E-state index in [1.807, 2.05) is 24.3 Å². The van der Waals surface area contributed by atoms with Gasteiger partial charge in [0.05, 0.1) is 16.1 Å². The molecule has 10 nitrogen and oxygen atoms in total. The molecule has 0 bridgehead atoms. The molecular formula is C25H29ClN4O6. The number of rotatable bonds is 12. The quantitative estimate of drug-likeness (QED) is 0.115. The molecule has 0 unspecified atom stereocenters. The molecule has 0 aliphatic carbocycles. The first-order chi connectivity index (χ1) is 17.3. The van der Waals surface area contributed by atoms with E-state index in [0.29, 0.717) is 24.1 Å². The van der Waals surface area contributed by atoms with Crippen LogP contribution in [0.3, 0.4) is 0 Å². The Morgan fingerprint density at radius 3 is 2.44 bits per heavy atom. The Kier molecular flexibility index (Phi) is 9.54. The second-order valence-electron chi connectivity index (χ2n) is 8.12. The van der Waals surface area contributed by atoms with Gasteiger partial charge in [-0.2, -0.15) is 0 Å². The van der Waals surface area contributed by atoms with Gasteiger partial charge in [0, 0.05) is 31.3 Å². The van der Waals surface area contributed by atoms with Gasteiger partial charge in [0.1, 0.15) is 11.5 Å². The van der Waals surface area contributed by atoms with Crippen LogP contribution in [-0.4, -0.2) is 45.5 Å². The number of anilines is 1.